The van der Waals surface area contributed by atoms with Gasteiger partial charge in [0, 0.05) is 42.6 Å². The van der Waals surface area contributed by atoms with Crippen molar-refractivity contribution in [1.29, 1.82) is 0 Å². The van der Waals surface area contributed by atoms with Crippen molar-refractivity contribution in [3.8, 4) is 5.75 Å². The van der Waals surface area contributed by atoms with Gasteiger partial charge in [0.1, 0.15) is 18.2 Å². The molecule has 1 saturated carbocycles. The number of amides is 3. The zero-order chi connectivity index (χ0) is 30.3. The van der Waals surface area contributed by atoms with Gasteiger partial charge in [-0.1, -0.05) is 44.7 Å². The van der Waals surface area contributed by atoms with Crippen LogP contribution in [-0.2, 0) is 11.3 Å². The minimum absolute atomic E-state index is 0.0197. The maximum absolute atomic E-state index is 13.5. The summed E-state index contributed by atoms with van der Waals surface area (Å²) in [6.07, 6.45) is 6.88. The molecule has 11 heteroatoms. The van der Waals surface area contributed by atoms with E-state index in [9.17, 15) is 9.59 Å². The number of anilines is 5. The normalized spacial score (nSPS) is 15.4. The van der Waals surface area contributed by atoms with Crippen LogP contribution in [0.2, 0.25) is 5.02 Å². The molecule has 0 bridgehead atoms. The van der Waals surface area contributed by atoms with Crippen molar-refractivity contribution in [3.05, 3.63) is 59.2 Å². The Hall–Kier alpha value is -3.89. The van der Waals surface area contributed by atoms with Crippen LogP contribution in [-0.4, -0.2) is 60.1 Å². The molecule has 0 saturated heterocycles. The second kappa shape index (κ2) is 14.1. The molecule has 0 radical (unpaired) electrons. The van der Waals surface area contributed by atoms with E-state index in [1.165, 1.54) is 11.3 Å². The van der Waals surface area contributed by atoms with Gasteiger partial charge in [-0.25, -0.2) is 9.78 Å². The second-order valence-electron chi connectivity index (χ2n) is 11.0. The zero-order valence-corrected chi connectivity index (χ0v) is 25.9. The summed E-state index contributed by atoms with van der Waals surface area (Å²) >= 11 is 6.56. The fourth-order valence-corrected chi connectivity index (χ4v) is 5.78. The molecule has 2 N–H and O–H groups in total. The molecule has 1 fully saturated rings. The standard InChI is InChI=1S/C32H40ClN7O3/c1-4-39(5-2)17-18-43-26-14-11-24(12-15-26)36-31-34-20-23-21-40(32(42)38(3)29(23)37-31)28-19-25(13-16-27(28)33)35-30(41)22-9-7-6-8-10-22/h11-16,19-20,22H,4-10,17-18,21H2,1-3H3,(H,35,41)(H,34,36,37). The SMILES string of the molecule is CCN(CC)CCOc1ccc(Nc2ncc3c(n2)N(C)C(=O)N(c2cc(NC(=O)C4CCCCC4)ccc2Cl)C3)cc1. The molecular formula is C32H40ClN7O3. The smallest absolute Gasteiger partial charge is 0.330 e. The molecule has 0 unspecified atom stereocenters. The number of halogens is 1. The Balaban J connectivity index is 1.25. The van der Waals surface area contributed by atoms with Gasteiger partial charge in [0.15, 0.2) is 0 Å². The monoisotopic (exact) mass is 605 g/mol. The Morgan fingerprint density at radius 2 is 1.79 bits per heavy atom. The van der Waals surface area contributed by atoms with Crippen LogP contribution in [0.4, 0.5) is 33.6 Å². The van der Waals surface area contributed by atoms with Gasteiger partial charge in [0.25, 0.3) is 0 Å². The number of aromatic nitrogens is 2. The predicted molar refractivity (Wildman–Crippen MR) is 172 cm³/mol. The first kappa shape index (κ1) is 30.6. The average Bonchev–Trinajstić information content (AvgIpc) is 3.03. The van der Waals surface area contributed by atoms with E-state index in [0.717, 1.165) is 62.3 Å². The Labute approximate surface area is 258 Å². The topological polar surface area (TPSA) is 103 Å². The van der Waals surface area contributed by atoms with E-state index in [1.807, 2.05) is 24.3 Å². The highest BCUT2D eigenvalue weighted by atomic mass is 35.5. The third-order valence-electron chi connectivity index (χ3n) is 8.17. The number of carbonyl (C=O) groups excluding carboxylic acids is 2. The highest BCUT2D eigenvalue weighted by molar-refractivity contribution is 6.34. The number of carbonyl (C=O) groups is 2. The average molecular weight is 606 g/mol. The molecule has 1 aromatic heterocycles. The first-order chi connectivity index (χ1) is 20.9. The Bertz CT molecular complexity index is 1420. The van der Waals surface area contributed by atoms with Gasteiger partial charge in [0.2, 0.25) is 11.9 Å². The van der Waals surface area contributed by atoms with Crippen LogP contribution in [0.5, 0.6) is 5.75 Å². The number of rotatable bonds is 11. The zero-order valence-electron chi connectivity index (χ0n) is 25.1. The highest BCUT2D eigenvalue weighted by Gasteiger charge is 2.32. The number of hydrogen-bond acceptors (Lipinski definition) is 7. The van der Waals surface area contributed by atoms with E-state index in [4.69, 9.17) is 16.3 Å². The molecular weight excluding hydrogens is 566 g/mol. The molecule has 0 atom stereocenters. The maximum atomic E-state index is 13.5. The van der Waals surface area contributed by atoms with E-state index in [-0.39, 0.29) is 24.4 Å². The summed E-state index contributed by atoms with van der Waals surface area (Å²) in [6, 6.07) is 12.6. The van der Waals surface area contributed by atoms with Crippen molar-refractivity contribution in [2.24, 2.45) is 5.92 Å². The van der Waals surface area contributed by atoms with Crippen LogP contribution >= 0.6 is 11.6 Å². The quantitative estimate of drug-likeness (QED) is 0.251. The van der Waals surface area contributed by atoms with Crippen molar-refractivity contribution in [1.82, 2.24) is 14.9 Å². The van der Waals surface area contributed by atoms with Gasteiger partial charge in [-0.2, -0.15) is 4.98 Å². The fourth-order valence-electron chi connectivity index (χ4n) is 5.56. The highest BCUT2D eigenvalue weighted by Crippen LogP contribution is 2.36. The fraction of sp³-hybridized carbons (Fsp3) is 0.438. The van der Waals surface area contributed by atoms with Crippen molar-refractivity contribution in [2.45, 2.75) is 52.5 Å². The molecule has 2 heterocycles. The number of nitrogens with zero attached hydrogens (tertiary/aromatic N) is 5. The summed E-state index contributed by atoms with van der Waals surface area (Å²) in [7, 11) is 1.68. The van der Waals surface area contributed by atoms with Crippen molar-refractivity contribution >= 4 is 52.4 Å². The van der Waals surface area contributed by atoms with Crippen LogP contribution in [0.25, 0.3) is 0 Å². The van der Waals surface area contributed by atoms with Crippen molar-refractivity contribution in [3.63, 3.8) is 0 Å². The molecule has 228 valence electrons. The maximum Gasteiger partial charge on any atom is 0.330 e. The summed E-state index contributed by atoms with van der Waals surface area (Å²) in [4.78, 5) is 40.8. The van der Waals surface area contributed by atoms with Crippen LogP contribution in [0, 0.1) is 5.92 Å². The third-order valence-corrected chi connectivity index (χ3v) is 8.49. The van der Waals surface area contributed by atoms with Gasteiger partial charge in [-0.15, -0.1) is 0 Å². The second-order valence-corrected chi connectivity index (χ2v) is 11.4. The Morgan fingerprint density at radius 3 is 2.51 bits per heavy atom. The third kappa shape index (κ3) is 7.37. The lowest BCUT2D eigenvalue weighted by Gasteiger charge is -2.34. The molecule has 3 aromatic rings. The summed E-state index contributed by atoms with van der Waals surface area (Å²) in [5, 5.41) is 6.66. The lowest BCUT2D eigenvalue weighted by Crippen LogP contribution is -2.46. The minimum atomic E-state index is -0.277. The van der Waals surface area contributed by atoms with Gasteiger partial charge in [-0.05, 0) is 68.4 Å². The summed E-state index contributed by atoms with van der Waals surface area (Å²) in [5.41, 5.74) is 2.72. The van der Waals surface area contributed by atoms with E-state index in [1.54, 1.807) is 36.3 Å². The number of hydrogen-bond donors (Lipinski definition) is 2. The van der Waals surface area contributed by atoms with Crippen LogP contribution in [0.3, 0.4) is 0 Å². The molecule has 2 aromatic carbocycles. The number of benzene rings is 2. The summed E-state index contributed by atoms with van der Waals surface area (Å²) in [6.45, 7) is 8.06. The van der Waals surface area contributed by atoms with Crippen molar-refractivity contribution < 1.29 is 14.3 Å². The van der Waals surface area contributed by atoms with Gasteiger partial charge in [0.05, 0.1) is 17.3 Å². The van der Waals surface area contributed by atoms with Gasteiger partial charge in [-0.3, -0.25) is 14.6 Å². The molecule has 2 aliphatic rings. The first-order valence-corrected chi connectivity index (χ1v) is 15.5. The van der Waals surface area contributed by atoms with Gasteiger partial charge < -0.3 is 20.3 Å². The lowest BCUT2D eigenvalue weighted by atomic mass is 9.88. The molecule has 1 aliphatic carbocycles. The molecule has 5 rings (SSSR count). The number of urea groups is 1. The van der Waals surface area contributed by atoms with E-state index >= 15 is 0 Å². The van der Waals surface area contributed by atoms with E-state index in [0.29, 0.717) is 34.8 Å². The first-order valence-electron chi connectivity index (χ1n) is 15.1. The molecule has 3 amide bonds. The predicted octanol–water partition coefficient (Wildman–Crippen LogP) is 6.69. The number of ether oxygens (including phenoxy) is 1. The van der Waals surface area contributed by atoms with Crippen molar-refractivity contribution in [2.75, 3.05) is 53.7 Å². The number of fused-ring (bicyclic) bond motifs is 1. The molecule has 1 aliphatic heterocycles. The van der Waals surface area contributed by atoms with E-state index < -0.39 is 0 Å². The van der Waals surface area contributed by atoms with Gasteiger partial charge >= 0.3 is 6.03 Å². The largest absolute Gasteiger partial charge is 0.492 e. The minimum Gasteiger partial charge on any atom is -0.492 e. The summed E-state index contributed by atoms with van der Waals surface area (Å²) in [5.74, 6) is 1.74. The molecule has 0 spiro atoms. The lowest BCUT2D eigenvalue weighted by molar-refractivity contribution is -0.120. The van der Waals surface area contributed by atoms with E-state index in [2.05, 4.69) is 39.3 Å². The Kier molecular flexibility index (Phi) is 9.99. The van der Waals surface area contributed by atoms with Crippen LogP contribution < -0.4 is 25.2 Å². The Morgan fingerprint density at radius 1 is 1.07 bits per heavy atom. The van der Waals surface area contributed by atoms with Crippen LogP contribution in [0.15, 0.2) is 48.7 Å². The number of nitrogens with one attached hydrogen (secondary N) is 2. The molecule has 43 heavy (non-hydrogen) atoms. The molecule has 10 nitrogen and oxygen atoms in total. The summed E-state index contributed by atoms with van der Waals surface area (Å²) < 4.78 is 5.87. The number of likely N-dealkylation sites (N-methyl/N-ethyl adjacent to an activating group) is 1. The van der Waals surface area contributed by atoms with Crippen LogP contribution in [0.1, 0.15) is 51.5 Å².